The lowest BCUT2D eigenvalue weighted by atomic mass is 10.1. The van der Waals surface area contributed by atoms with Gasteiger partial charge in [0.15, 0.2) is 0 Å². The summed E-state index contributed by atoms with van der Waals surface area (Å²) in [4.78, 5) is 14.9. The van der Waals surface area contributed by atoms with Crippen molar-refractivity contribution in [1.29, 1.82) is 0 Å². The van der Waals surface area contributed by atoms with E-state index in [0.29, 0.717) is 12.3 Å². The molecule has 138 valence electrons. The molecule has 0 unspecified atom stereocenters. The molecule has 0 heterocycles. The fourth-order valence-corrected chi connectivity index (χ4v) is 3.30. The van der Waals surface area contributed by atoms with Crippen molar-refractivity contribution in [2.24, 2.45) is 0 Å². The molecule has 1 fully saturated rings. The van der Waals surface area contributed by atoms with Crippen LogP contribution in [0.3, 0.4) is 0 Å². The van der Waals surface area contributed by atoms with Gasteiger partial charge in [0, 0.05) is 18.2 Å². The third kappa shape index (κ3) is 4.43. The highest BCUT2D eigenvalue weighted by Gasteiger charge is 2.33. The molecule has 5 nitrogen and oxygen atoms in total. The zero-order valence-electron chi connectivity index (χ0n) is 15.0. The monoisotopic (exact) mass is 373 g/mol. The van der Waals surface area contributed by atoms with Gasteiger partial charge in [-0.05, 0) is 56.0 Å². The lowest BCUT2D eigenvalue weighted by molar-refractivity contribution is 0.0729. The van der Waals surface area contributed by atoms with E-state index in [-0.39, 0.29) is 17.7 Å². The number of carbonyl (C=O) groups is 1. The molecule has 0 spiro atoms. The molecule has 2 aromatic rings. The van der Waals surface area contributed by atoms with Crippen molar-refractivity contribution < 1.29 is 17.4 Å². The maximum absolute atomic E-state index is 13.0. The molecular formula is C20H23NO4S. The van der Waals surface area contributed by atoms with Crippen LogP contribution in [0.25, 0.3) is 0 Å². The van der Waals surface area contributed by atoms with Crippen molar-refractivity contribution in [3.8, 4) is 5.75 Å². The number of hydrogen-bond donors (Lipinski definition) is 0. The largest absolute Gasteiger partial charge is 0.382 e. The predicted molar refractivity (Wildman–Crippen MR) is 101 cm³/mol. The van der Waals surface area contributed by atoms with E-state index < -0.39 is 10.1 Å². The molecule has 1 aliphatic carbocycles. The standard InChI is InChI=1S/C20H23NO4S/c1-3-26(23,24)25-18-12-8-16(9-13-18)14-21(17-10-11-17)20(22)19-7-5-4-6-15(19)2/h4-9,12-13,17H,3,10-11,14H2,1-2H3. The number of hydrogen-bond acceptors (Lipinski definition) is 4. The van der Waals surface area contributed by atoms with Gasteiger partial charge in [-0.15, -0.1) is 0 Å². The fraction of sp³-hybridized carbons (Fsp3) is 0.350. The SMILES string of the molecule is CCS(=O)(=O)Oc1ccc(CN(C(=O)c2ccccc2C)C2CC2)cc1. The first kappa shape index (κ1) is 18.5. The number of benzene rings is 2. The summed E-state index contributed by atoms with van der Waals surface area (Å²) in [7, 11) is -3.53. The van der Waals surface area contributed by atoms with Crippen LogP contribution in [0, 0.1) is 6.92 Å². The van der Waals surface area contributed by atoms with Crippen LogP contribution in [-0.2, 0) is 16.7 Å². The average molecular weight is 373 g/mol. The van der Waals surface area contributed by atoms with Crippen molar-refractivity contribution in [1.82, 2.24) is 4.90 Å². The van der Waals surface area contributed by atoms with E-state index in [1.807, 2.05) is 36.1 Å². The minimum Gasteiger partial charge on any atom is -0.382 e. The molecule has 0 aliphatic heterocycles. The van der Waals surface area contributed by atoms with Crippen molar-refractivity contribution in [3.05, 3.63) is 65.2 Å². The minimum atomic E-state index is -3.53. The summed E-state index contributed by atoms with van der Waals surface area (Å²) in [6.45, 7) is 3.98. The number of amides is 1. The highest BCUT2D eigenvalue weighted by Crippen LogP contribution is 2.30. The molecule has 0 radical (unpaired) electrons. The Labute approximate surface area is 154 Å². The van der Waals surface area contributed by atoms with Gasteiger partial charge in [-0.25, -0.2) is 0 Å². The topological polar surface area (TPSA) is 63.7 Å². The molecule has 1 saturated carbocycles. The van der Waals surface area contributed by atoms with E-state index in [0.717, 1.165) is 29.5 Å². The van der Waals surface area contributed by atoms with Crippen molar-refractivity contribution >= 4 is 16.0 Å². The van der Waals surface area contributed by atoms with Gasteiger partial charge in [0.1, 0.15) is 5.75 Å². The zero-order valence-corrected chi connectivity index (χ0v) is 15.8. The quantitative estimate of drug-likeness (QED) is 0.697. The average Bonchev–Trinajstić information content (AvgIpc) is 3.46. The maximum Gasteiger partial charge on any atom is 0.308 e. The Morgan fingerprint density at radius 3 is 2.35 bits per heavy atom. The van der Waals surface area contributed by atoms with Crippen LogP contribution < -0.4 is 4.18 Å². The molecule has 1 amide bonds. The maximum atomic E-state index is 13.0. The molecule has 0 N–H and O–H groups in total. The Balaban J connectivity index is 1.75. The van der Waals surface area contributed by atoms with Crippen molar-refractivity contribution in [2.75, 3.05) is 5.75 Å². The van der Waals surface area contributed by atoms with Crippen LogP contribution in [0.1, 0.15) is 41.3 Å². The number of nitrogens with zero attached hydrogens (tertiary/aromatic N) is 1. The molecule has 6 heteroatoms. The summed E-state index contributed by atoms with van der Waals surface area (Å²) < 4.78 is 28.1. The Kier molecular flexibility index (Phi) is 5.32. The van der Waals surface area contributed by atoms with Gasteiger partial charge >= 0.3 is 10.1 Å². The van der Waals surface area contributed by atoms with Gasteiger partial charge < -0.3 is 9.08 Å². The van der Waals surface area contributed by atoms with Gasteiger partial charge in [-0.3, -0.25) is 4.79 Å². The Morgan fingerprint density at radius 1 is 1.12 bits per heavy atom. The summed E-state index contributed by atoms with van der Waals surface area (Å²) in [6.07, 6.45) is 2.04. The summed E-state index contributed by atoms with van der Waals surface area (Å²) in [5, 5.41) is 0. The Bertz CT molecular complexity index is 886. The van der Waals surface area contributed by atoms with E-state index >= 15 is 0 Å². The molecule has 0 saturated heterocycles. The van der Waals surface area contributed by atoms with E-state index in [1.165, 1.54) is 6.92 Å². The molecule has 26 heavy (non-hydrogen) atoms. The lowest BCUT2D eigenvalue weighted by Crippen LogP contribution is -2.33. The van der Waals surface area contributed by atoms with Crippen LogP contribution >= 0.6 is 0 Å². The molecule has 0 atom stereocenters. The van der Waals surface area contributed by atoms with Crippen LogP contribution in [0.2, 0.25) is 0 Å². The first-order valence-electron chi connectivity index (χ1n) is 8.77. The van der Waals surface area contributed by atoms with Gasteiger partial charge in [-0.1, -0.05) is 30.3 Å². The second-order valence-electron chi connectivity index (χ2n) is 6.55. The van der Waals surface area contributed by atoms with Crippen molar-refractivity contribution in [3.63, 3.8) is 0 Å². The smallest absolute Gasteiger partial charge is 0.308 e. The van der Waals surface area contributed by atoms with Gasteiger partial charge in [0.05, 0.1) is 5.75 Å². The van der Waals surface area contributed by atoms with Crippen molar-refractivity contribution in [2.45, 2.75) is 39.3 Å². The molecule has 3 rings (SSSR count). The van der Waals surface area contributed by atoms with Crippen LogP contribution in [0.4, 0.5) is 0 Å². The molecule has 0 aromatic heterocycles. The number of aryl methyl sites for hydroxylation is 1. The van der Waals surface area contributed by atoms with Crippen LogP contribution in [-0.4, -0.2) is 31.0 Å². The van der Waals surface area contributed by atoms with Gasteiger partial charge in [0.25, 0.3) is 5.91 Å². The van der Waals surface area contributed by atoms with E-state index in [1.54, 1.807) is 24.3 Å². The predicted octanol–water partition coefficient (Wildman–Crippen LogP) is 3.53. The molecule has 2 aromatic carbocycles. The minimum absolute atomic E-state index is 0.0412. The summed E-state index contributed by atoms with van der Waals surface area (Å²) in [5.41, 5.74) is 2.64. The number of carbonyl (C=O) groups excluding carboxylic acids is 1. The first-order chi connectivity index (χ1) is 12.4. The summed E-state index contributed by atoms with van der Waals surface area (Å²) >= 11 is 0. The number of rotatable bonds is 7. The lowest BCUT2D eigenvalue weighted by Gasteiger charge is -2.23. The van der Waals surface area contributed by atoms with E-state index in [2.05, 4.69) is 0 Å². The van der Waals surface area contributed by atoms with Gasteiger partial charge in [-0.2, -0.15) is 8.42 Å². The third-order valence-corrected chi connectivity index (χ3v) is 5.63. The highest BCUT2D eigenvalue weighted by atomic mass is 32.2. The Morgan fingerprint density at radius 2 is 1.77 bits per heavy atom. The normalized spacial score (nSPS) is 14.1. The second kappa shape index (κ2) is 7.50. The van der Waals surface area contributed by atoms with Crippen LogP contribution in [0.5, 0.6) is 5.75 Å². The summed E-state index contributed by atoms with van der Waals surface area (Å²) in [6, 6.07) is 14.8. The third-order valence-electron chi connectivity index (χ3n) is 4.48. The Hall–Kier alpha value is -2.34. The van der Waals surface area contributed by atoms with E-state index in [9.17, 15) is 13.2 Å². The van der Waals surface area contributed by atoms with Gasteiger partial charge in [0.2, 0.25) is 0 Å². The highest BCUT2D eigenvalue weighted by molar-refractivity contribution is 7.87. The molecule has 0 bridgehead atoms. The summed E-state index contributed by atoms with van der Waals surface area (Å²) in [5.74, 6) is 0.257. The molecule has 1 aliphatic rings. The first-order valence-corrected chi connectivity index (χ1v) is 10.3. The molecular weight excluding hydrogens is 350 g/mol. The van der Waals surface area contributed by atoms with Crippen LogP contribution in [0.15, 0.2) is 48.5 Å². The zero-order chi connectivity index (χ0) is 18.7. The van der Waals surface area contributed by atoms with E-state index in [4.69, 9.17) is 4.18 Å². The fourth-order valence-electron chi connectivity index (χ4n) is 2.77. The second-order valence-corrected chi connectivity index (χ2v) is 8.41.